The molecule has 0 saturated carbocycles. The van der Waals surface area contributed by atoms with Crippen LogP contribution < -0.4 is 10.6 Å². The van der Waals surface area contributed by atoms with E-state index in [2.05, 4.69) is 15.6 Å². The van der Waals surface area contributed by atoms with Gasteiger partial charge in [-0.25, -0.2) is 4.98 Å². The number of hydrogen-bond acceptors (Lipinski definition) is 6. The summed E-state index contributed by atoms with van der Waals surface area (Å²) in [5.74, 6) is 0.743. The number of carbonyl (C=O) groups excluding carboxylic acids is 1. The van der Waals surface area contributed by atoms with Gasteiger partial charge in [0.1, 0.15) is 11.6 Å². The van der Waals surface area contributed by atoms with Gasteiger partial charge < -0.3 is 15.5 Å². The van der Waals surface area contributed by atoms with Crippen LogP contribution in [0.25, 0.3) is 0 Å². The third-order valence-electron chi connectivity index (χ3n) is 2.42. The molecule has 1 aromatic heterocycles. The minimum atomic E-state index is -0.487. The average Bonchev–Trinajstić information content (AvgIpc) is 2.37. The zero-order valence-electron chi connectivity index (χ0n) is 11.1. The maximum Gasteiger partial charge on any atom is 0.276 e. The second kappa shape index (κ2) is 6.53. The van der Waals surface area contributed by atoms with Crippen LogP contribution in [0.4, 0.5) is 17.3 Å². The lowest BCUT2D eigenvalue weighted by molar-refractivity contribution is -0.384. The molecule has 0 radical (unpaired) electrons. The van der Waals surface area contributed by atoms with Crippen LogP contribution in [0.2, 0.25) is 0 Å². The van der Waals surface area contributed by atoms with Crippen LogP contribution in [-0.2, 0) is 4.79 Å². The molecule has 19 heavy (non-hydrogen) atoms. The molecular formula is C11H17N5O3. The van der Waals surface area contributed by atoms with Gasteiger partial charge in [-0.1, -0.05) is 0 Å². The minimum Gasteiger partial charge on any atom is -0.373 e. The predicted molar refractivity (Wildman–Crippen MR) is 72.2 cm³/mol. The van der Waals surface area contributed by atoms with Crippen molar-refractivity contribution in [3.05, 3.63) is 22.2 Å². The molecule has 2 N–H and O–H groups in total. The molecule has 8 nitrogen and oxygen atoms in total. The van der Waals surface area contributed by atoms with Gasteiger partial charge in [0.15, 0.2) is 0 Å². The summed E-state index contributed by atoms with van der Waals surface area (Å²) in [6, 6.07) is 2.68. The number of nitrogens with zero attached hydrogens (tertiary/aromatic N) is 3. The van der Waals surface area contributed by atoms with Crippen LogP contribution in [0.1, 0.15) is 6.42 Å². The molecule has 0 unspecified atom stereocenters. The van der Waals surface area contributed by atoms with E-state index in [1.54, 1.807) is 21.1 Å². The van der Waals surface area contributed by atoms with E-state index in [4.69, 9.17) is 0 Å². The number of carbonyl (C=O) groups is 1. The Morgan fingerprint density at radius 2 is 2.05 bits per heavy atom. The Hall–Kier alpha value is -2.38. The highest BCUT2D eigenvalue weighted by atomic mass is 16.6. The van der Waals surface area contributed by atoms with Gasteiger partial charge in [-0.05, 0) is 0 Å². The third kappa shape index (κ3) is 4.41. The summed E-state index contributed by atoms with van der Waals surface area (Å²) in [6.07, 6.45) is 0.298. The minimum absolute atomic E-state index is 0.0215. The lowest BCUT2D eigenvalue weighted by Crippen LogP contribution is -2.24. The van der Waals surface area contributed by atoms with E-state index in [1.807, 2.05) is 0 Å². The first-order valence-corrected chi connectivity index (χ1v) is 5.72. The second-order valence-corrected chi connectivity index (χ2v) is 4.07. The van der Waals surface area contributed by atoms with Gasteiger partial charge in [-0.2, -0.15) is 0 Å². The summed E-state index contributed by atoms with van der Waals surface area (Å²) < 4.78 is 0. The maximum absolute atomic E-state index is 11.4. The number of rotatable bonds is 6. The quantitative estimate of drug-likeness (QED) is 0.587. The van der Waals surface area contributed by atoms with Crippen molar-refractivity contribution in [3.63, 3.8) is 0 Å². The summed E-state index contributed by atoms with van der Waals surface area (Å²) >= 11 is 0. The molecule has 0 aliphatic carbocycles. The van der Waals surface area contributed by atoms with Crippen molar-refractivity contribution in [2.45, 2.75) is 6.42 Å². The first-order chi connectivity index (χ1) is 8.93. The normalized spacial score (nSPS) is 9.84. The zero-order chi connectivity index (χ0) is 14.4. The van der Waals surface area contributed by atoms with Gasteiger partial charge >= 0.3 is 0 Å². The van der Waals surface area contributed by atoms with Gasteiger partial charge in [-0.3, -0.25) is 14.9 Å². The highest BCUT2D eigenvalue weighted by Crippen LogP contribution is 2.20. The van der Waals surface area contributed by atoms with Gasteiger partial charge in [0.25, 0.3) is 5.69 Å². The SMILES string of the molecule is CNc1cc([N+](=O)[O-])cc(NCCC(=O)N(C)C)n1. The molecule has 104 valence electrons. The Balaban J connectivity index is 2.70. The molecule has 0 aliphatic heterocycles. The highest BCUT2D eigenvalue weighted by molar-refractivity contribution is 5.76. The molecule has 0 aromatic carbocycles. The molecule has 8 heteroatoms. The first kappa shape index (κ1) is 14.7. The fraction of sp³-hybridized carbons (Fsp3) is 0.455. The smallest absolute Gasteiger partial charge is 0.276 e. The molecule has 0 saturated heterocycles. The van der Waals surface area contributed by atoms with E-state index in [0.29, 0.717) is 24.6 Å². The van der Waals surface area contributed by atoms with E-state index in [-0.39, 0.29) is 11.6 Å². The van der Waals surface area contributed by atoms with Crippen LogP contribution >= 0.6 is 0 Å². The summed E-state index contributed by atoms with van der Waals surface area (Å²) in [4.78, 5) is 27.3. The number of pyridine rings is 1. The summed E-state index contributed by atoms with van der Waals surface area (Å²) in [7, 11) is 4.98. The van der Waals surface area contributed by atoms with Crippen LogP contribution in [0.15, 0.2) is 12.1 Å². The standard InChI is InChI=1S/C11H17N5O3/c1-12-9-6-8(16(18)19)7-10(14-9)13-5-4-11(17)15(2)3/h6-7H,4-5H2,1-3H3,(H2,12,13,14). The molecule has 1 amide bonds. The number of anilines is 2. The molecule has 0 spiro atoms. The number of amides is 1. The summed E-state index contributed by atoms with van der Waals surface area (Å²) in [5.41, 5.74) is -0.0548. The monoisotopic (exact) mass is 267 g/mol. The lowest BCUT2D eigenvalue weighted by atomic mass is 10.3. The van der Waals surface area contributed by atoms with Gasteiger partial charge in [0.2, 0.25) is 5.91 Å². The number of nitro groups is 1. The van der Waals surface area contributed by atoms with Crippen molar-refractivity contribution in [2.24, 2.45) is 0 Å². The number of hydrogen-bond donors (Lipinski definition) is 2. The fourth-order valence-corrected chi connectivity index (χ4v) is 1.36. The highest BCUT2D eigenvalue weighted by Gasteiger charge is 2.11. The van der Waals surface area contributed by atoms with Crippen LogP contribution in [0.5, 0.6) is 0 Å². The van der Waals surface area contributed by atoms with Crippen molar-refractivity contribution >= 4 is 23.2 Å². The van der Waals surface area contributed by atoms with Crippen molar-refractivity contribution < 1.29 is 9.72 Å². The van der Waals surface area contributed by atoms with E-state index in [9.17, 15) is 14.9 Å². The van der Waals surface area contributed by atoms with Crippen molar-refractivity contribution in [1.82, 2.24) is 9.88 Å². The molecule has 1 aromatic rings. The molecule has 0 fully saturated rings. The van der Waals surface area contributed by atoms with Gasteiger partial charge in [0.05, 0.1) is 17.1 Å². The van der Waals surface area contributed by atoms with E-state index in [1.165, 1.54) is 17.0 Å². The van der Waals surface area contributed by atoms with E-state index < -0.39 is 4.92 Å². The molecule has 1 heterocycles. The van der Waals surface area contributed by atoms with E-state index >= 15 is 0 Å². The fourth-order valence-electron chi connectivity index (χ4n) is 1.36. The predicted octanol–water partition coefficient (Wildman–Crippen LogP) is 0.922. The lowest BCUT2D eigenvalue weighted by Gasteiger charge is -2.11. The number of nitrogens with one attached hydrogen (secondary N) is 2. The van der Waals surface area contributed by atoms with Gasteiger partial charge in [-0.15, -0.1) is 0 Å². The first-order valence-electron chi connectivity index (χ1n) is 5.72. The Kier molecular flexibility index (Phi) is 5.04. The van der Waals surface area contributed by atoms with Crippen LogP contribution in [0.3, 0.4) is 0 Å². The van der Waals surface area contributed by atoms with Crippen molar-refractivity contribution in [1.29, 1.82) is 0 Å². The van der Waals surface area contributed by atoms with Crippen molar-refractivity contribution in [3.8, 4) is 0 Å². The third-order valence-corrected chi connectivity index (χ3v) is 2.42. The molecule has 0 aliphatic rings. The summed E-state index contributed by atoms with van der Waals surface area (Å²) in [5, 5.41) is 16.4. The Morgan fingerprint density at radius 3 is 2.58 bits per heavy atom. The molecule has 1 rings (SSSR count). The Morgan fingerprint density at radius 1 is 1.42 bits per heavy atom. The van der Waals surface area contributed by atoms with Gasteiger partial charge in [0, 0.05) is 34.1 Å². The van der Waals surface area contributed by atoms with Crippen LogP contribution in [-0.4, -0.2) is 48.4 Å². The largest absolute Gasteiger partial charge is 0.373 e. The molecule has 0 bridgehead atoms. The molecule has 0 atom stereocenters. The Bertz CT molecular complexity index is 475. The van der Waals surface area contributed by atoms with E-state index in [0.717, 1.165) is 0 Å². The number of aromatic nitrogens is 1. The summed E-state index contributed by atoms with van der Waals surface area (Å²) in [6.45, 7) is 0.369. The topological polar surface area (TPSA) is 100 Å². The maximum atomic E-state index is 11.4. The second-order valence-electron chi connectivity index (χ2n) is 4.07. The Labute approximate surface area is 111 Å². The zero-order valence-corrected chi connectivity index (χ0v) is 11.1. The van der Waals surface area contributed by atoms with Crippen molar-refractivity contribution in [2.75, 3.05) is 38.3 Å². The molecular weight excluding hydrogens is 250 g/mol. The van der Waals surface area contributed by atoms with Crippen LogP contribution in [0, 0.1) is 10.1 Å². The average molecular weight is 267 g/mol.